The van der Waals surface area contributed by atoms with Crippen LogP contribution in [0.1, 0.15) is 26.7 Å². The van der Waals surface area contributed by atoms with E-state index in [9.17, 15) is 0 Å². The second kappa shape index (κ2) is 8.45. The first-order valence-corrected chi connectivity index (χ1v) is 14.7. The van der Waals surface area contributed by atoms with Crippen molar-refractivity contribution in [1.82, 2.24) is 0 Å². The van der Waals surface area contributed by atoms with Crippen molar-refractivity contribution >= 4 is 21.6 Å². The SMILES string of the molecule is C[C](C)=[Ti]([C]1=CC=CC1)([C]1=CC=CC1)=[Si](C)C.OCCl. The summed E-state index contributed by atoms with van der Waals surface area (Å²) < 4.78 is 5.37. The molecule has 1 nitrogen and oxygen atoms in total. The molecule has 0 aliphatic heterocycles. The Labute approximate surface area is 131 Å². The van der Waals surface area contributed by atoms with Gasteiger partial charge in [-0.3, -0.25) is 0 Å². The van der Waals surface area contributed by atoms with Gasteiger partial charge in [0.05, 0.1) is 0 Å². The van der Waals surface area contributed by atoms with Crippen LogP contribution in [-0.2, 0) is 14.9 Å². The van der Waals surface area contributed by atoms with Crippen molar-refractivity contribution in [3.05, 3.63) is 44.2 Å². The number of halogens is 1. The molecular formula is C16H25ClOSiTi. The van der Waals surface area contributed by atoms with Crippen LogP contribution in [0.15, 0.2) is 44.2 Å². The van der Waals surface area contributed by atoms with Crippen molar-refractivity contribution in [2.24, 2.45) is 0 Å². The van der Waals surface area contributed by atoms with Crippen LogP contribution in [0.3, 0.4) is 0 Å². The molecule has 0 atom stereocenters. The molecule has 0 amide bonds. The second-order valence-corrected chi connectivity index (χ2v) is 21.4. The molecule has 0 aromatic rings. The normalized spacial score (nSPS) is 15.7. The van der Waals surface area contributed by atoms with Crippen molar-refractivity contribution in [3.8, 4) is 0 Å². The number of rotatable bonds is 2. The molecule has 0 saturated heterocycles. The quantitative estimate of drug-likeness (QED) is 0.579. The van der Waals surface area contributed by atoms with Crippen molar-refractivity contribution < 1.29 is 20.0 Å². The molecule has 0 saturated carbocycles. The number of allylic oxidation sites excluding steroid dienone is 8. The maximum Gasteiger partial charge on any atom is 0.117 e. The van der Waals surface area contributed by atoms with E-state index in [1.807, 2.05) is 0 Å². The smallest absolute Gasteiger partial charge is 0.117 e. The third-order valence-electron chi connectivity index (χ3n) is 4.01. The molecule has 0 bridgehead atoms. The van der Waals surface area contributed by atoms with Gasteiger partial charge in [-0.2, -0.15) is 0 Å². The zero-order valence-electron chi connectivity index (χ0n) is 12.9. The summed E-state index contributed by atoms with van der Waals surface area (Å²) in [6.45, 7) is 9.87. The van der Waals surface area contributed by atoms with E-state index < -0.39 is 14.9 Å². The van der Waals surface area contributed by atoms with Gasteiger partial charge < -0.3 is 5.11 Å². The summed E-state index contributed by atoms with van der Waals surface area (Å²) in [5.41, 5.74) is 0. The molecule has 1 N–H and O–H groups in total. The third-order valence-corrected chi connectivity index (χ3v) is 23.8. The predicted molar refractivity (Wildman–Crippen MR) is 90.5 cm³/mol. The van der Waals surface area contributed by atoms with E-state index in [0.717, 1.165) is 0 Å². The summed E-state index contributed by atoms with van der Waals surface area (Å²) in [6, 6.07) is -0.278. The van der Waals surface area contributed by atoms with E-state index in [-0.39, 0.29) is 12.3 Å². The van der Waals surface area contributed by atoms with E-state index in [1.165, 1.54) is 12.8 Å². The van der Waals surface area contributed by atoms with Crippen molar-refractivity contribution in [2.75, 3.05) is 6.07 Å². The van der Waals surface area contributed by atoms with Gasteiger partial charge in [-0.15, -0.1) is 0 Å². The second-order valence-electron chi connectivity index (χ2n) is 5.52. The van der Waals surface area contributed by atoms with Crippen molar-refractivity contribution in [3.63, 3.8) is 0 Å². The molecule has 2 aliphatic carbocycles. The van der Waals surface area contributed by atoms with E-state index in [4.69, 9.17) is 5.11 Å². The van der Waals surface area contributed by atoms with Crippen LogP contribution in [-0.4, -0.2) is 21.2 Å². The number of hydrogen-bond donors (Lipinski definition) is 1. The minimum absolute atomic E-state index is 0.264. The molecular weight excluding hydrogens is 320 g/mol. The minimum Gasteiger partial charge on any atom is -0.381 e. The first-order valence-electron chi connectivity index (χ1n) is 7.02. The summed E-state index contributed by atoms with van der Waals surface area (Å²) in [5, 5.41) is 7.33. The van der Waals surface area contributed by atoms with Crippen LogP contribution >= 0.6 is 11.6 Å². The Balaban J connectivity index is 0.000000612. The van der Waals surface area contributed by atoms with Gasteiger partial charge in [-0.25, -0.2) is 0 Å². The molecule has 20 heavy (non-hydrogen) atoms. The molecule has 0 fully saturated rings. The zero-order valence-corrected chi connectivity index (χ0v) is 16.2. The van der Waals surface area contributed by atoms with Gasteiger partial charge in [0.1, 0.15) is 6.07 Å². The average molecular weight is 345 g/mol. The van der Waals surface area contributed by atoms with Gasteiger partial charge in [0.2, 0.25) is 0 Å². The summed E-state index contributed by atoms with van der Waals surface area (Å²) in [5.74, 6) is 0. The van der Waals surface area contributed by atoms with Crippen LogP contribution in [0.5, 0.6) is 0 Å². The van der Waals surface area contributed by atoms with E-state index in [0.29, 0.717) is 0 Å². The minimum atomic E-state index is -2.08. The maximum atomic E-state index is 7.33. The van der Waals surface area contributed by atoms with Crippen LogP contribution < -0.4 is 0 Å². The molecule has 0 unspecified atom stereocenters. The molecule has 2 rings (SSSR count). The van der Waals surface area contributed by atoms with Crippen molar-refractivity contribution in [1.29, 1.82) is 0 Å². The molecule has 0 aromatic heterocycles. The molecule has 110 valence electrons. The summed E-state index contributed by atoms with van der Waals surface area (Å²) >= 11 is 2.48. The van der Waals surface area contributed by atoms with Gasteiger partial charge in [0.25, 0.3) is 0 Å². The standard InChI is InChI=1S/2C5H5.C3H6.C2H6Si.CH3ClO.Ti/c2*1-2-4-5-3-1;2*1-3-2;2-1-3;/h2*1-3H,4H2;2*1-2H3;3H,1H2;. The molecule has 0 heterocycles. The molecule has 0 aromatic carbocycles. The Kier molecular flexibility index (Phi) is 7.63. The number of hydrogen-bond acceptors (Lipinski definition) is 1. The summed E-state index contributed by atoms with van der Waals surface area (Å²) in [4.78, 5) is 0. The van der Waals surface area contributed by atoms with E-state index in [2.05, 4.69) is 75.0 Å². The first kappa shape index (κ1) is 18.1. The predicted octanol–water partition coefficient (Wildman–Crippen LogP) is 4.47. The van der Waals surface area contributed by atoms with Gasteiger partial charge in [0, 0.05) is 0 Å². The fourth-order valence-corrected chi connectivity index (χ4v) is 23.0. The Hall–Kier alpha value is 0.0112. The summed E-state index contributed by atoms with van der Waals surface area (Å²) in [7, 11) is 0. The fraction of sp³-hybridized carbons (Fsp3) is 0.438. The Bertz CT molecular complexity index is 536. The molecule has 0 radical (unpaired) electrons. The first-order chi connectivity index (χ1) is 9.51. The van der Waals surface area contributed by atoms with Gasteiger partial charge in [0.15, 0.2) is 0 Å². The van der Waals surface area contributed by atoms with Gasteiger partial charge in [-0.05, 0) is 0 Å². The molecule has 4 heteroatoms. The number of alkyl halides is 1. The molecule has 2 aliphatic rings. The third kappa shape index (κ3) is 3.61. The average Bonchev–Trinajstić information content (AvgIpc) is 3.02. The summed E-state index contributed by atoms with van der Waals surface area (Å²) in [6.07, 6.45) is 16.3. The topological polar surface area (TPSA) is 20.2 Å². The zero-order chi connectivity index (χ0) is 15.2. The number of aliphatic hydroxyl groups excluding tert-OH is 1. The van der Waals surface area contributed by atoms with Crippen molar-refractivity contribution in [2.45, 2.75) is 39.8 Å². The maximum absolute atomic E-state index is 7.33. The van der Waals surface area contributed by atoms with Gasteiger partial charge >= 0.3 is 109 Å². The van der Waals surface area contributed by atoms with Crippen LogP contribution in [0.25, 0.3) is 0 Å². The van der Waals surface area contributed by atoms with Gasteiger partial charge in [-0.1, -0.05) is 11.6 Å². The largest absolute Gasteiger partial charge is 0.381 e. The molecule has 0 spiro atoms. The monoisotopic (exact) mass is 344 g/mol. The van der Waals surface area contributed by atoms with E-state index in [1.54, 1.807) is 11.6 Å². The Morgan fingerprint density at radius 3 is 1.75 bits per heavy atom. The fourth-order valence-electron chi connectivity index (χ4n) is 3.44. The van der Waals surface area contributed by atoms with E-state index >= 15 is 0 Å². The van der Waals surface area contributed by atoms with Crippen LogP contribution in [0.4, 0.5) is 0 Å². The van der Waals surface area contributed by atoms with Crippen LogP contribution in [0.2, 0.25) is 13.1 Å². The van der Waals surface area contributed by atoms with Crippen LogP contribution in [0, 0.1) is 0 Å². The number of aliphatic hydroxyl groups is 1. The Morgan fingerprint density at radius 2 is 1.55 bits per heavy atom. The Morgan fingerprint density at radius 1 is 1.15 bits per heavy atom.